The molecule has 0 saturated heterocycles. The molecule has 9 nitrogen and oxygen atoms in total. The number of carbonyl (C=O) groups is 3. The van der Waals surface area contributed by atoms with E-state index in [1.165, 1.54) is 0 Å². The van der Waals surface area contributed by atoms with Gasteiger partial charge in [0, 0.05) is 24.3 Å². The van der Waals surface area contributed by atoms with Crippen molar-refractivity contribution in [2.45, 2.75) is 105 Å². The summed E-state index contributed by atoms with van der Waals surface area (Å²) in [5, 5.41) is 24.2. The first-order valence-electron chi connectivity index (χ1n) is 19.1. The van der Waals surface area contributed by atoms with Gasteiger partial charge in [0.25, 0.3) is 0 Å². The van der Waals surface area contributed by atoms with Crippen molar-refractivity contribution in [3.63, 3.8) is 0 Å². The lowest BCUT2D eigenvalue weighted by molar-refractivity contribution is -0.150. The maximum absolute atomic E-state index is 13.2. The van der Waals surface area contributed by atoms with Crippen molar-refractivity contribution in [3.05, 3.63) is 102 Å². The van der Waals surface area contributed by atoms with E-state index < -0.39 is 23.3 Å². The molecule has 0 bridgehead atoms. The Morgan fingerprint density at radius 1 is 0.811 bits per heavy atom. The fourth-order valence-electron chi connectivity index (χ4n) is 4.88. The Morgan fingerprint density at radius 3 is 1.91 bits per heavy atom. The van der Waals surface area contributed by atoms with E-state index >= 15 is 0 Å². The lowest BCUT2D eigenvalue weighted by Gasteiger charge is -2.26. The third-order valence-corrected chi connectivity index (χ3v) is 8.36. The Kier molecular flexibility index (Phi) is 25.8. The molecule has 0 aliphatic heterocycles. The van der Waals surface area contributed by atoms with Crippen LogP contribution in [0, 0.1) is 25.2 Å². The summed E-state index contributed by atoms with van der Waals surface area (Å²) in [5.74, 6) is -1.18. The molecule has 2 amide bonds. The minimum atomic E-state index is -1.13. The Hall–Kier alpha value is -4.21. The van der Waals surface area contributed by atoms with Crippen molar-refractivity contribution in [3.8, 4) is 5.75 Å². The van der Waals surface area contributed by atoms with Gasteiger partial charge < -0.3 is 30.3 Å². The van der Waals surface area contributed by atoms with Crippen molar-refractivity contribution < 1.29 is 34.1 Å². The second-order valence-electron chi connectivity index (χ2n) is 13.8. The molecule has 53 heavy (non-hydrogen) atoms. The summed E-state index contributed by atoms with van der Waals surface area (Å²) in [6, 6.07) is 4.92. The van der Waals surface area contributed by atoms with Gasteiger partial charge in [-0.2, -0.15) is 0 Å². The highest BCUT2D eigenvalue weighted by molar-refractivity contribution is 5.86. The molecule has 1 aromatic carbocycles. The summed E-state index contributed by atoms with van der Waals surface area (Å²) in [4.78, 5) is 38.9. The van der Waals surface area contributed by atoms with Crippen molar-refractivity contribution in [2.75, 3.05) is 33.0 Å². The molecule has 0 aliphatic carbocycles. The zero-order valence-electron chi connectivity index (χ0n) is 32.9. The van der Waals surface area contributed by atoms with E-state index in [-0.39, 0.29) is 44.6 Å². The maximum atomic E-state index is 13.2. The van der Waals surface area contributed by atoms with Gasteiger partial charge in [-0.15, -0.1) is 0 Å². The van der Waals surface area contributed by atoms with Gasteiger partial charge in [0.2, 0.25) is 11.8 Å². The second-order valence-corrected chi connectivity index (χ2v) is 13.8. The van der Waals surface area contributed by atoms with Gasteiger partial charge in [-0.25, -0.2) is 4.79 Å². The van der Waals surface area contributed by atoms with Crippen LogP contribution in [0.4, 0.5) is 0 Å². The summed E-state index contributed by atoms with van der Waals surface area (Å²) in [5.41, 5.74) is 1.41. The molecule has 0 aromatic heterocycles. The number of rotatable bonds is 28. The Morgan fingerprint density at radius 2 is 1.36 bits per heavy atom. The number of benzene rings is 1. The largest absolute Gasteiger partial charge is 0.493 e. The van der Waals surface area contributed by atoms with Crippen LogP contribution in [0.2, 0.25) is 0 Å². The Balaban J connectivity index is 2.50. The smallest absolute Gasteiger partial charge is 0.330 e. The third-order valence-electron chi connectivity index (χ3n) is 8.36. The van der Waals surface area contributed by atoms with Crippen molar-refractivity contribution in [1.82, 2.24) is 10.6 Å². The van der Waals surface area contributed by atoms with Crippen LogP contribution in [0.25, 0.3) is 0 Å². The predicted octanol–water partition coefficient (Wildman–Crippen LogP) is 7.71. The average molecular weight is 735 g/mol. The first-order valence-corrected chi connectivity index (χ1v) is 19.1. The van der Waals surface area contributed by atoms with E-state index in [9.17, 15) is 24.6 Å². The number of esters is 1. The van der Waals surface area contributed by atoms with Crippen molar-refractivity contribution in [1.29, 1.82) is 0 Å². The summed E-state index contributed by atoms with van der Waals surface area (Å²) in [6.07, 6.45) is 32.9. The van der Waals surface area contributed by atoms with Crippen molar-refractivity contribution >= 4 is 17.8 Å². The summed E-state index contributed by atoms with van der Waals surface area (Å²) in [7, 11) is 0. The predicted molar refractivity (Wildman–Crippen MR) is 215 cm³/mol. The normalized spacial score (nSPS) is 13.1. The first kappa shape index (κ1) is 46.8. The van der Waals surface area contributed by atoms with E-state index in [1.54, 1.807) is 0 Å². The maximum Gasteiger partial charge on any atom is 0.330 e. The van der Waals surface area contributed by atoms with Crippen LogP contribution in [0.1, 0.15) is 96.1 Å². The number of hydrogen-bond acceptors (Lipinski definition) is 7. The number of ether oxygens (including phenoxy) is 2. The highest BCUT2D eigenvalue weighted by Gasteiger charge is 2.30. The van der Waals surface area contributed by atoms with Crippen LogP contribution in [0.15, 0.2) is 91.1 Å². The topological polar surface area (TPSA) is 134 Å². The molecule has 4 N–H and O–H groups in total. The van der Waals surface area contributed by atoms with E-state index in [2.05, 4.69) is 78.3 Å². The lowest BCUT2D eigenvalue weighted by atomic mass is 9.87. The van der Waals surface area contributed by atoms with Crippen LogP contribution in [0.3, 0.4) is 0 Å². The van der Waals surface area contributed by atoms with Gasteiger partial charge in [0.1, 0.15) is 11.8 Å². The molecule has 294 valence electrons. The molecule has 0 heterocycles. The van der Waals surface area contributed by atoms with Crippen LogP contribution in [0.5, 0.6) is 5.75 Å². The number of amides is 2. The molecular formula is C44H66N2O7. The van der Waals surface area contributed by atoms with E-state index in [1.807, 2.05) is 58.0 Å². The fraction of sp³-hybridized carbons (Fsp3) is 0.523. The van der Waals surface area contributed by atoms with Crippen molar-refractivity contribution in [2.24, 2.45) is 11.3 Å². The average Bonchev–Trinajstić information content (AvgIpc) is 3.14. The molecule has 1 atom stereocenters. The van der Waals surface area contributed by atoms with Gasteiger partial charge in [0.15, 0.2) is 0 Å². The number of nitrogens with one attached hydrogen (secondary N) is 2. The molecule has 1 unspecified atom stereocenters. The standard InChI is InChI=1S/C44H66N2O7/c1-6-7-8-9-10-11-12-13-14-15-16-17-18-19-20-21-22-23-24-26-41(49)46-39(42(50)53-35-38(33-47)34-48)32-45-43(51)44(4,5)29-25-30-52-40-31-36(2)27-28-37(40)3/h7-8,10-11,13-14,16-17,19-20,22-23,27-28,31,38-39,47-48H,6,9,12,15,18,21,24-26,29-30,32-35H2,1-5H3,(H,45,51)(H,46,49). The molecule has 0 spiro atoms. The number of allylic oxidation sites excluding steroid dienone is 12. The summed E-state index contributed by atoms with van der Waals surface area (Å²) >= 11 is 0. The molecule has 9 heteroatoms. The minimum absolute atomic E-state index is 0.154. The van der Waals surface area contributed by atoms with E-state index in [4.69, 9.17) is 9.47 Å². The number of hydrogen-bond donors (Lipinski definition) is 4. The zero-order valence-corrected chi connectivity index (χ0v) is 32.9. The van der Waals surface area contributed by atoms with Gasteiger partial charge in [-0.1, -0.05) is 106 Å². The summed E-state index contributed by atoms with van der Waals surface area (Å²) in [6.45, 7) is 9.16. The first-order chi connectivity index (χ1) is 25.5. The number of aliphatic hydroxyl groups is 2. The van der Waals surface area contributed by atoms with Crippen LogP contribution >= 0.6 is 0 Å². The molecule has 0 fully saturated rings. The van der Waals surface area contributed by atoms with Crippen LogP contribution in [-0.2, 0) is 19.1 Å². The van der Waals surface area contributed by atoms with Gasteiger partial charge in [-0.3, -0.25) is 9.59 Å². The van der Waals surface area contributed by atoms with Gasteiger partial charge >= 0.3 is 5.97 Å². The number of aryl methyl sites for hydroxylation is 2. The SMILES string of the molecule is CCC=CCC=CCC=CCC=CCC=CCC=CCCC(=O)NC(CNC(=O)C(C)(C)CCCOc1cc(C)ccc1C)C(=O)OCC(CO)CO. The highest BCUT2D eigenvalue weighted by Crippen LogP contribution is 2.24. The van der Waals surface area contributed by atoms with E-state index in [0.717, 1.165) is 55.4 Å². The van der Waals surface area contributed by atoms with Crippen LogP contribution < -0.4 is 15.4 Å². The monoisotopic (exact) mass is 734 g/mol. The quantitative estimate of drug-likeness (QED) is 0.0394. The van der Waals surface area contributed by atoms with Gasteiger partial charge in [0.05, 0.1) is 26.4 Å². The lowest BCUT2D eigenvalue weighted by Crippen LogP contribution is -2.51. The molecule has 1 rings (SSSR count). The van der Waals surface area contributed by atoms with E-state index in [0.29, 0.717) is 25.9 Å². The Labute approximate surface area is 319 Å². The zero-order chi connectivity index (χ0) is 39.2. The third kappa shape index (κ3) is 23.2. The Bertz CT molecular complexity index is 1370. The molecular weight excluding hydrogens is 668 g/mol. The molecule has 0 saturated carbocycles. The minimum Gasteiger partial charge on any atom is -0.493 e. The fourth-order valence-corrected chi connectivity index (χ4v) is 4.88. The molecule has 1 aromatic rings. The second kappa shape index (κ2) is 29.3. The highest BCUT2D eigenvalue weighted by atomic mass is 16.5. The van der Waals surface area contributed by atoms with Crippen LogP contribution in [-0.4, -0.2) is 67.0 Å². The molecule has 0 aliphatic rings. The number of aliphatic hydroxyl groups excluding tert-OH is 2. The molecule has 0 radical (unpaired) electrons. The summed E-state index contributed by atoms with van der Waals surface area (Å²) < 4.78 is 11.2. The van der Waals surface area contributed by atoms with Gasteiger partial charge in [-0.05, 0) is 88.8 Å². The number of carbonyl (C=O) groups excluding carboxylic acids is 3.